The van der Waals surface area contributed by atoms with Crippen molar-refractivity contribution in [3.63, 3.8) is 0 Å². The zero-order valence-electron chi connectivity index (χ0n) is 16.2. The average Bonchev–Trinajstić information content (AvgIpc) is 3.21. The number of carbonyl (C=O) groups excluding carboxylic acids is 4. The lowest BCUT2D eigenvalue weighted by Gasteiger charge is -2.11. The summed E-state index contributed by atoms with van der Waals surface area (Å²) in [5.74, 6) is -1.63. The molecule has 0 spiro atoms. The fraction of sp³-hybridized carbons (Fsp3) is 0.300. The van der Waals surface area contributed by atoms with Gasteiger partial charge >= 0.3 is 12.0 Å². The topological polar surface area (TPSA) is 127 Å². The molecular formula is C20H23N3O6. The molecule has 0 aliphatic heterocycles. The molecule has 4 amide bonds. The highest BCUT2D eigenvalue weighted by molar-refractivity contribution is 6.07. The van der Waals surface area contributed by atoms with Crippen LogP contribution in [0.3, 0.4) is 0 Å². The summed E-state index contributed by atoms with van der Waals surface area (Å²) < 4.78 is 9.95. The number of urea groups is 1. The largest absolute Gasteiger partial charge is 0.459 e. The van der Waals surface area contributed by atoms with Gasteiger partial charge in [0, 0.05) is 6.54 Å². The number of hydrogen-bond donors (Lipinski definition) is 3. The summed E-state index contributed by atoms with van der Waals surface area (Å²) in [6.07, 6.45) is 2.13. The van der Waals surface area contributed by atoms with Gasteiger partial charge in [0.15, 0.2) is 12.4 Å². The molecule has 9 nitrogen and oxygen atoms in total. The fourth-order valence-corrected chi connectivity index (χ4v) is 2.25. The summed E-state index contributed by atoms with van der Waals surface area (Å²) in [4.78, 5) is 47.8. The van der Waals surface area contributed by atoms with Crippen LogP contribution in [0.25, 0.3) is 0 Å². The van der Waals surface area contributed by atoms with Crippen LogP contribution in [0.2, 0.25) is 0 Å². The van der Waals surface area contributed by atoms with Crippen molar-refractivity contribution in [2.45, 2.75) is 20.3 Å². The molecule has 2 rings (SSSR count). The van der Waals surface area contributed by atoms with E-state index in [1.165, 1.54) is 24.5 Å². The van der Waals surface area contributed by atoms with E-state index >= 15 is 0 Å². The van der Waals surface area contributed by atoms with E-state index in [0.717, 1.165) is 6.42 Å². The van der Waals surface area contributed by atoms with Gasteiger partial charge in [-0.25, -0.2) is 9.59 Å². The molecule has 0 bridgehead atoms. The SMILES string of the molecule is CC(C)CCNC(=O)NC(=O)COC(=O)c1ccccc1NC(=O)c1ccco1. The molecule has 2 aromatic rings. The van der Waals surface area contributed by atoms with Crippen molar-refractivity contribution < 1.29 is 28.3 Å². The third-order valence-electron chi connectivity index (χ3n) is 3.73. The van der Waals surface area contributed by atoms with Gasteiger partial charge in [-0.3, -0.25) is 14.9 Å². The van der Waals surface area contributed by atoms with Crippen LogP contribution in [0.15, 0.2) is 47.1 Å². The van der Waals surface area contributed by atoms with Gasteiger partial charge in [0.05, 0.1) is 17.5 Å². The summed E-state index contributed by atoms with van der Waals surface area (Å²) in [6.45, 7) is 3.81. The Hall–Kier alpha value is -3.62. The van der Waals surface area contributed by atoms with E-state index in [-0.39, 0.29) is 17.0 Å². The summed E-state index contributed by atoms with van der Waals surface area (Å²) in [6, 6.07) is 8.55. The monoisotopic (exact) mass is 401 g/mol. The van der Waals surface area contributed by atoms with Crippen LogP contribution >= 0.6 is 0 Å². The molecule has 29 heavy (non-hydrogen) atoms. The Morgan fingerprint density at radius 1 is 1.07 bits per heavy atom. The quantitative estimate of drug-likeness (QED) is 0.584. The maximum Gasteiger partial charge on any atom is 0.340 e. The number of amides is 4. The first-order chi connectivity index (χ1) is 13.9. The number of furan rings is 1. The highest BCUT2D eigenvalue weighted by Crippen LogP contribution is 2.17. The molecule has 3 N–H and O–H groups in total. The third kappa shape index (κ3) is 7.13. The third-order valence-corrected chi connectivity index (χ3v) is 3.73. The second-order valence-electron chi connectivity index (χ2n) is 6.54. The lowest BCUT2D eigenvalue weighted by molar-refractivity contribution is -0.123. The molecule has 0 saturated carbocycles. The first kappa shape index (κ1) is 21.7. The molecule has 0 atom stereocenters. The minimum Gasteiger partial charge on any atom is -0.459 e. The van der Waals surface area contributed by atoms with Crippen molar-refractivity contribution in [2.24, 2.45) is 5.92 Å². The molecule has 1 aromatic carbocycles. The van der Waals surface area contributed by atoms with Crippen LogP contribution in [-0.4, -0.2) is 37.0 Å². The number of rotatable bonds is 8. The number of hydrogen-bond acceptors (Lipinski definition) is 6. The molecule has 0 saturated heterocycles. The van der Waals surface area contributed by atoms with Crippen molar-refractivity contribution in [3.8, 4) is 0 Å². The Balaban J connectivity index is 1.87. The van der Waals surface area contributed by atoms with E-state index in [9.17, 15) is 19.2 Å². The van der Waals surface area contributed by atoms with Crippen molar-refractivity contribution in [2.75, 3.05) is 18.5 Å². The molecule has 0 aliphatic carbocycles. The number of carbonyl (C=O) groups is 4. The van der Waals surface area contributed by atoms with Crippen molar-refractivity contribution >= 4 is 29.5 Å². The van der Waals surface area contributed by atoms with Crippen LogP contribution in [0.5, 0.6) is 0 Å². The highest BCUT2D eigenvalue weighted by atomic mass is 16.5. The summed E-state index contributed by atoms with van der Waals surface area (Å²) in [7, 11) is 0. The van der Waals surface area contributed by atoms with Gasteiger partial charge in [-0.05, 0) is 36.6 Å². The lowest BCUT2D eigenvalue weighted by atomic mass is 10.1. The van der Waals surface area contributed by atoms with Gasteiger partial charge in [0.2, 0.25) is 0 Å². The molecule has 0 aliphatic rings. The van der Waals surface area contributed by atoms with Crippen LogP contribution in [0.4, 0.5) is 10.5 Å². The number of anilines is 1. The van der Waals surface area contributed by atoms with Gasteiger partial charge in [0.25, 0.3) is 11.8 Å². The van der Waals surface area contributed by atoms with Crippen molar-refractivity contribution in [1.82, 2.24) is 10.6 Å². The summed E-state index contributed by atoms with van der Waals surface area (Å²) in [5.41, 5.74) is 0.257. The molecule has 0 unspecified atom stereocenters. The first-order valence-corrected chi connectivity index (χ1v) is 9.05. The molecule has 154 valence electrons. The summed E-state index contributed by atoms with van der Waals surface area (Å²) >= 11 is 0. The van der Waals surface area contributed by atoms with Crippen molar-refractivity contribution in [1.29, 1.82) is 0 Å². The molecule has 1 heterocycles. The Bertz CT molecular complexity index is 861. The second-order valence-corrected chi connectivity index (χ2v) is 6.54. The van der Waals surface area contributed by atoms with Gasteiger partial charge in [-0.15, -0.1) is 0 Å². The van der Waals surface area contributed by atoms with Crippen LogP contribution in [0.1, 0.15) is 41.2 Å². The Morgan fingerprint density at radius 2 is 1.83 bits per heavy atom. The summed E-state index contributed by atoms with van der Waals surface area (Å²) in [5, 5.41) is 7.17. The van der Waals surface area contributed by atoms with E-state index < -0.39 is 30.4 Å². The van der Waals surface area contributed by atoms with Gasteiger partial charge in [0.1, 0.15) is 0 Å². The second kappa shape index (κ2) is 10.6. The zero-order valence-corrected chi connectivity index (χ0v) is 16.2. The predicted octanol–water partition coefficient (Wildman–Crippen LogP) is 2.56. The van der Waals surface area contributed by atoms with E-state index in [1.807, 2.05) is 13.8 Å². The molecule has 0 radical (unpaired) electrons. The van der Waals surface area contributed by atoms with Gasteiger partial charge in [-0.2, -0.15) is 0 Å². The smallest absolute Gasteiger partial charge is 0.340 e. The number of imide groups is 1. The molecule has 0 fully saturated rings. The van der Waals surface area contributed by atoms with E-state index in [4.69, 9.17) is 9.15 Å². The van der Waals surface area contributed by atoms with Crippen LogP contribution in [0, 0.1) is 5.92 Å². The normalized spacial score (nSPS) is 10.3. The molecular weight excluding hydrogens is 378 g/mol. The van der Waals surface area contributed by atoms with Crippen LogP contribution in [-0.2, 0) is 9.53 Å². The Morgan fingerprint density at radius 3 is 2.52 bits per heavy atom. The molecule has 9 heteroatoms. The van der Waals surface area contributed by atoms with Crippen molar-refractivity contribution in [3.05, 3.63) is 54.0 Å². The Labute approximate surface area is 167 Å². The van der Waals surface area contributed by atoms with E-state index in [1.54, 1.807) is 18.2 Å². The highest BCUT2D eigenvalue weighted by Gasteiger charge is 2.18. The average molecular weight is 401 g/mol. The standard InChI is InChI=1S/C20H23N3O6/c1-13(2)9-10-21-20(27)23-17(24)12-29-19(26)14-6-3-4-7-15(14)22-18(25)16-8-5-11-28-16/h3-8,11,13H,9-10,12H2,1-2H3,(H,22,25)(H2,21,23,24,27). The fourth-order valence-electron chi connectivity index (χ4n) is 2.25. The lowest BCUT2D eigenvalue weighted by Crippen LogP contribution is -2.42. The van der Waals surface area contributed by atoms with E-state index in [0.29, 0.717) is 12.5 Å². The molecule has 1 aromatic heterocycles. The number of nitrogens with one attached hydrogen (secondary N) is 3. The van der Waals surface area contributed by atoms with Crippen LogP contribution < -0.4 is 16.0 Å². The number of para-hydroxylation sites is 1. The van der Waals surface area contributed by atoms with E-state index in [2.05, 4.69) is 16.0 Å². The predicted molar refractivity (Wildman–Crippen MR) is 104 cm³/mol. The maximum absolute atomic E-state index is 12.3. The zero-order chi connectivity index (χ0) is 21.2. The minimum atomic E-state index is -0.823. The minimum absolute atomic E-state index is 0.0570. The van der Waals surface area contributed by atoms with Gasteiger partial charge in [-0.1, -0.05) is 26.0 Å². The maximum atomic E-state index is 12.3. The number of esters is 1. The number of benzene rings is 1. The Kier molecular flexibility index (Phi) is 7.96. The number of ether oxygens (including phenoxy) is 1. The first-order valence-electron chi connectivity index (χ1n) is 9.05. The van der Waals surface area contributed by atoms with Gasteiger partial charge < -0.3 is 19.8 Å².